The highest BCUT2D eigenvalue weighted by molar-refractivity contribution is 7.93. The Balaban J connectivity index is 1.51. The first-order valence-corrected chi connectivity index (χ1v) is 14.1. The van der Waals surface area contributed by atoms with Crippen molar-refractivity contribution in [2.24, 2.45) is 0 Å². The van der Waals surface area contributed by atoms with Gasteiger partial charge in [0.1, 0.15) is 17.2 Å². The van der Waals surface area contributed by atoms with Crippen LogP contribution in [-0.2, 0) is 29.0 Å². The van der Waals surface area contributed by atoms with Crippen molar-refractivity contribution >= 4 is 21.7 Å². The van der Waals surface area contributed by atoms with Crippen molar-refractivity contribution in [2.45, 2.75) is 61.3 Å². The number of carbonyl (C=O) groups excluding carboxylic acids is 2. The van der Waals surface area contributed by atoms with Crippen LogP contribution >= 0.6 is 0 Å². The second-order valence-corrected chi connectivity index (χ2v) is 11.7. The van der Waals surface area contributed by atoms with Crippen LogP contribution in [0.1, 0.15) is 39.0 Å². The van der Waals surface area contributed by atoms with Crippen LogP contribution in [0.25, 0.3) is 0 Å². The van der Waals surface area contributed by atoms with Crippen molar-refractivity contribution in [3.8, 4) is 17.2 Å². The van der Waals surface area contributed by atoms with E-state index in [4.69, 9.17) is 14.3 Å². The number of nitrogens with one attached hydrogen (secondary N) is 1. The third-order valence-corrected chi connectivity index (χ3v) is 9.31. The summed E-state index contributed by atoms with van der Waals surface area (Å²) in [6, 6.07) is 10.0. The van der Waals surface area contributed by atoms with Gasteiger partial charge in [0.25, 0.3) is 5.91 Å². The predicted octanol–water partition coefficient (Wildman–Crippen LogP) is 4.11. The molecule has 1 unspecified atom stereocenters. The number of benzene rings is 2. The van der Waals surface area contributed by atoms with Crippen LogP contribution in [0.15, 0.2) is 53.4 Å². The topological polar surface area (TPSA) is 120 Å². The number of hydrogen-bond donors (Lipinski definition) is 1. The van der Waals surface area contributed by atoms with Gasteiger partial charge in [0.2, 0.25) is 5.91 Å². The van der Waals surface area contributed by atoms with E-state index in [9.17, 15) is 31.2 Å². The highest BCUT2D eigenvalue weighted by Crippen LogP contribution is 2.37. The minimum atomic E-state index is -4.82. The van der Waals surface area contributed by atoms with Crippen LogP contribution in [0.3, 0.4) is 0 Å². The summed E-state index contributed by atoms with van der Waals surface area (Å²) < 4.78 is 77.9. The Hall–Kier alpha value is -3.36. The zero-order chi connectivity index (χ0) is 29.0. The molecule has 40 heavy (non-hydrogen) atoms. The third kappa shape index (κ3) is 6.85. The SMILES string of the molecule is CC(=O)N1CCC(C(=O)NOC2CCCCO2)(S(=O)(=O)c2ccc(Oc3ccc(OC(F)(F)F)cc3)cc2)CC1. The molecule has 2 aromatic rings. The van der Waals surface area contributed by atoms with Gasteiger partial charge in [-0.05, 0) is 74.2 Å². The number of rotatable bonds is 8. The Labute approximate surface area is 229 Å². The molecule has 0 bridgehead atoms. The summed E-state index contributed by atoms with van der Waals surface area (Å²) >= 11 is 0. The number of sulfone groups is 1. The Morgan fingerprint density at radius 3 is 2.08 bits per heavy atom. The summed E-state index contributed by atoms with van der Waals surface area (Å²) in [7, 11) is -4.29. The number of ether oxygens (including phenoxy) is 3. The molecule has 10 nitrogen and oxygen atoms in total. The van der Waals surface area contributed by atoms with Gasteiger partial charge in [-0.2, -0.15) is 0 Å². The standard InChI is InChI=1S/C26H29F3N2O8S/c1-18(32)31-15-13-25(14-16-31,24(33)30-39-23-4-2-3-17-36-23)40(34,35)22-11-9-20(10-12-22)37-19-5-7-21(8-6-19)38-26(27,28)29/h5-12,23H,2-4,13-17H2,1H3,(H,30,33). The van der Waals surface area contributed by atoms with E-state index in [0.717, 1.165) is 25.0 Å². The summed E-state index contributed by atoms with van der Waals surface area (Å²) in [5.74, 6) is -1.07. The first-order chi connectivity index (χ1) is 18.9. The second kappa shape index (κ2) is 12.0. The normalized spacial score (nSPS) is 19.5. The predicted molar refractivity (Wildman–Crippen MR) is 134 cm³/mol. The zero-order valence-corrected chi connectivity index (χ0v) is 22.4. The van der Waals surface area contributed by atoms with Gasteiger partial charge in [0, 0.05) is 33.0 Å². The monoisotopic (exact) mass is 586 g/mol. The van der Waals surface area contributed by atoms with Gasteiger partial charge in [0.05, 0.1) is 4.90 Å². The average Bonchev–Trinajstić information content (AvgIpc) is 2.93. The van der Waals surface area contributed by atoms with Gasteiger partial charge in [-0.3, -0.25) is 9.59 Å². The summed E-state index contributed by atoms with van der Waals surface area (Å²) in [6.07, 6.45) is -3.52. The smallest absolute Gasteiger partial charge is 0.457 e. The number of likely N-dealkylation sites (tertiary alicyclic amines) is 1. The number of alkyl halides is 3. The molecule has 1 atom stereocenters. The van der Waals surface area contributed by atoms with Crippen LogP contribution in [-0.4, -0.2) is 62.2 Å². The molecule has 2 heterocycles. The van der Waals surface area contributed by atoms with Gasteiger partial charge >= 0.3 is 6.36 Å². The molecule has 218 valence electrons. The lowest BCUT2D eigenvalue weighted by Crippen LogP contribution is -2.59. The summed E-state index contributed by atoms with van der Waals surface area (Å²) in [5.41, 5.74) is 2.29. The Bertz CT molecular complexity index is 1290. The lowest BCUT2D eigenvalue weighted by atomic mass is 9.95. The summed E-state index contributed by atoms with van der Waals surface area (Å²) in [4.78, 5) is 32.0. The molecule has 2 fully saturated rings. The lowest BCUT2D eigenvalue weighted by molar-refractivity contribution is -0.274. The van der Waals surface area contributed by atoms with Gasteiger partial charge < -0.3 is 19.1 Å². The van der Waals surface area contributed by atoms with Crippen molar-refractivity contribution < 1.29 is 50.2 Å². The highest BCUT2D eigenvalue weighted by Gasteiger charge is 2.53. The van der Waals surface area contributed by atoms with E-state index in [0.29, 0.717) is 13.0 Å². The molecule has 0 aromatic heterocycles. The minimum absolute atomic E-state index is 0.0666. The molecule has 0 radical (unpaired) electrons. The van der Waals surface area contributed by atoms with Gasteiger partial charge in [0.15, 0.2) is 20.9 Å². The van der Waals surface area contributed by atoms with Crippen LogP contribution in [0.2, 0.25) is 0 Å². The first kappa shape index (κ1) is 29.6. The number of carbonyl (C=O) groups is 2. The van der Waals surface area contributed by atoms with Crippen molar-refractivity contribution in [3.63, 3.8) is 0 Å². The van der Waals surface area contributed by atoms with Gasteiger partial charge in [-0.15, -0.1) is 13.2 Å². The Morgan fingerprint density at radius 1 is 0.975 bits per heavy atom. The van der Waals surface area contributed by atoms with Gasteiger partial charge in [-0.25, -0.2) is 18.7 Å². The number of halogens is 3. The molecule has 1 N–H and O–H groups in total. The van der Waals surface area contributed by atoms with Crippen molar-refractivity contribution in [3.05, 3.63) is 48.5 Å². The van der Waals surface area contributed by atoms with E-state index >= 15 is 0 Å². The molecule has 0 saturated carbocycles. The van der Waals surface area contributed by atoms with E-state index in [1.807, 2.05) is 0 Å². The molecule has 2 saturated heterocycles. The van der Waals surface area contributed by atoms with E-state index in [1.165, 1.54) is 48.2 Å². The molecule has 2 amide bonds. The molecule has 2 aromatic carbocycles. The molecule has 4 rings (SSSR count). The first-order valence-electron chi connectivity index (χ1n) is 12.6. The minimum Gasteiger partial charge on any atom is -0.457 e. The highest BCUT2D eigenvalue weighted by atomic mass is 32.2. The summed E-state index contributed by atoms with van der Waals surface area (Å²) in [6.45, 7) is 1.98. The third-order valence-electron chi connectivity index (χ3n) is 6.79. The van der Waals surface area contributed by atoms with E-state index < -0.39 is 38.9 Å². The molecular weight excluding hydrogens is 557 g/mol. The molecule has 2 aliphatic rings. The number of hydroxylamine groups is 1. The maximum Gasteiger partial charge on any atom is 0.573 e. The summed E-state index contributed by atoms with van der Waals surface area (Å²) in [5, 5.41) is 0. The van der Waals surface area contributed by atoms with Crippen LogP contribution in [0, 0.1) is 0 Å². The maximum atomic E-state index is 13.9. The van der Waals surface area contributed by atoms with E-state index in [-0.39, 0.29) is 48.2 Å². The number of hydrogen-bond acceptors (Lipinski definition) is 8. The molecule has 0 spiro atoms. The molecular formula is C26H29F3N2O8S. The Kier molecular flexibility index (Phi) is 8.90. The van der Waals surface area contributed by atoms with Crippen molar-refractivity contribution in [1.29, 1.82) is 0 Å². The van der Waals surface area contributed by atoms with E-state index in [1.54, 1.807) is 0 Å². The largest absolute Gasteiger partial charge is 0.573 e. The fraction of sp³-hybridized carbons (Fsp3) is 0.462. The molecule has 0 aliphatic carbocycles. The maximum absolute atomic E-state index is 13.9. The van der Waals surface area contributed by atoms with Crippen LogP contribution in [0.5, 0.6) is 17.2 Å². The zero-order valence-electron chi connectivity index (χ0n) is 21.6. The molecule has 2 aliphatic heterocycles. The molecule has 14 heteroatoms. The quantitative estimate of drug-likeness (QED) is 0.459. The van der Waals surface area contributed by atoms with Crippen LogP contribution < -0.4 is 15.0 Å². The Morgan fingerprint density at radius 2 is 1.55 bits per heavy atom. The van der Waals surface area contributed by atoms with Crippen molar-refractivity contribution in [1.82, 2.24) is 10.4 Å². The second-order valence-electron chi connectivity index (χ2n) is 9.44. The number of piperidine rings is 1. The lowest BCUT2D eigenvalue weighted by Gasteiger charge is -2.39. The van der Waals surface area contributed by atoms with Crippen molar-refractivity contribution in [2.75, 3.05) is 19.7 Å². The fourth-order valence-electron chi connectivity index (χ4n) is 4.57. The number of nitrogens with zero attached hydrogens (tertiary/aromatic N) is 1. The fourth-order valence-corrected chi connectivity index (χ4v) is 6.53. The number of amides is 2. The van der Waals surface area contributed by atoms with Gasteiger partial charge in [-0.1, -0.05) is 0 Å². The van der Waals surface area contributed by atoms with E-state index in [2.05, 4.69) is 10.2 Å². The average molecular weight is 587 g/mol. The van der Waals surface area contributed by atoms with Crippen LogP contribution in [0.4, 0.5) is 13.2 Å².